The molecule has 0 spiro atoms. The quantitative estimate of drug-likeness (QED) is 0.194. The minimum Gasteiger partial charge on any atom is -0.499 e. The number of aromatic nitrogens is 1. The summed E-state index contributed by atoms with van der Waals surface area (Å²) in [5, 5.41) is 31.6. The molecule has 0 fully saturated rings. The fourth-order valence-corrected chi connectivity index (χ4v) is 5.20. The Morgan fingerprint density at radius 2 is 2.05 bits per heavy atom. The molecule has 1 aliphatic heterocycles. The summed E-state index contributed by atoms with van der Waals surface area (Å²) in [4.78, 5) is 30.6. The van der Waals surface area contributed by atoms with Crippen LogP contribution in [0.4, 0.5) is 5.69 Å². The minimum atomic E-state index is -1.18. The summed E-state index contributed by atoms with van der Waals surface area (Å²) in [6.07, 6.45) is 0.160. The number of anilines is 1. The van der Waals surface area contributed by atoms with Gasteiger partial charge in [0.25, 0.3) is 5.91 Å². The fourth-order valence-electron chi connectivity index (χ4n) is 4.16. The molecule has 0 aliphatic carbocycles. The number of hydrogen-bond acceptors (Lipinski definition) is 9. The van der Waals surface area contributed by atoms with E-state index in [9.17, 15) is 19.8 Å². The predicted octanol–water partition coefficient (Wildman–Crippen LogP) is 5.10. The first kappa shape index (κ1) is 35.4. The van der Waals surface area contributed by atoms with E-state index in [4.69, 9.17) is 21.4 Å². The highest BCUT2D eigenvalue weighted by Gasteiger charge is 2.37. The van der Waals surface area contributed by atoms with Crippen LogP contribution >= 0.6 is 22.9 Å². The highest BCUT2D eigenvalue weighted by atomic mass is 35.5. The Morgan fingerprint density at radius 1 is 1.33 bits per heavy atom. The number of carboxylic acid groups (broad SMARTS) is 1. The smallest absolute Gasteiger partial charge is 0.306 e. The van der Waals surface area contributed by atoms with Gasteiger partial charge in [0.2, 0.25) is 0 Å². The van der Waals surface area contributed by atoms with Gasteiger partial charge in [0.05, 0.1) is 30.3 Å². The molecule has 12 heteroatoms. The van der Waals surface area contributed by atoms with E-state index < -0.39 is 36.1 Å². The Balaban J connectivity index is 0.000000782. The van der Waals surface area contributed by atoms with Gasteiger partial charge in [0.15, 0.2) is 0 Å². The molecule has 2 heterocycles. The summed E-state index contributed by atoms with van der Waals surface area (Å²) in [6, 6.07) is 5.34. The number of carbonyl (C=O) groups excluding carboxylic acids is 1. The molecule has 1 unspecified atom stereocenters. The second-order valence-electron chi connectivity index (χ2n) is 10.6. The molecule has 0 saturated heterocycles. The van der Waals surface area contributed by atoms with Crippen LogP contribution < -0.4 is 4.90 Å². The van der Waals surface area contributed by atoms with E-state index in [1.54, 1.807) is 42.7 Å². The van der Waals surface area contributed by atoms with Crippen molar-refractivity contribution in [1.82, 2.24) is 4.98 Å². The SMILES string of the molecule is C=C(COC)OC.C=CC[C@H]1O[C@H](CCc2nc(C(O)CC(=O)O)cs2)C(=O)N(CC(C)(C)CO)c2ccc(Cl)cc21. The second-order valence-corrected chi connectivity index (χ2v) is 12.0. The van der Waals surface area contributed by atoms with Gasteiger partial charge in [-0.3, -0.25) is 9.59 Å². The summed E-state index contributed by atoms with van der Waals surface area (Å²) in [5.41, 5.74) is 1.25. The maximum atomic E-state index is 13.7. The van der Waals surface area contributed by atoms with E-state index in [1.165, 1.54) is 11.3 Å². The molecular weight excluding hydrogens is 584 g/mol. The Hall–Kier alpha value is -2.80. The number of aryl methyl sites for hydroxylation is 1. The maximum absolute atomic E-state index is 13.7. The van der Waals surface area contributed by atoms with Crippen molar-refractivity contribution in [3.05, 3.63) is 69.9 Å². The monoisotopic (exact) mass is 624 g/mol. The lowest BCUT2D eigenvalue weighted by Crippen LogP contribution is -2.45. The van der Waals surface area contributed by atoms with Gasteiger partial charge in [0.1, 0.15) is 24.6 Å². The average Bonchev–Trinajstić information content (AvgIpc) is 3.39. The van der Waals surface area contributed by atoms with Crippen molar-refractivity contribution < 1.29 is 39.1 Å². The van der Waals surface area contributed by atoms with Gasteiger partial charge in [0, 0.05) is 53.8 Å². The number of aliphatic hydroxyl groups is 2. The molecule has 3 N–H and O–H groups in total. The number of rotatable bonds is 14. The van der Waals surface area contributed by atoms with Gasteiger partial charge in [-0.25, -0.2) is 4.98 Å². The lowest BCUT2D eigenvalue weighted by molar-refractivity contribution is -0.139. The van der Waals surface area contributed by atoms with Crippen molar-refractivity contribution in [3.63, 3.8) is 0 Å². The van der Waals surface area contributed by atoms with E-state index in [0.717, 1.165) is 5.56 Å². The Labute approximate surface area is 256 Å². The molecule has 0 radical (unpaired) electrons. The Bertz CT molecular complexity index is 1220. The lowest BCUT2D eigenvalue weighted by Gasteiger charge is -2.32. The zero-order valence-electron chi connectivity index (χ0n) is 24.5. The van der Waals surface area contributed by atoms with Crippen LogP contribution in [0.2, 0.25) is 5.02 Å². The number of hydrogen-bond donors (Lipinski definition) is 3. The number of nitrogens with zero attached hydrogens (tertiary/aromatic N) is 2. The average molecular weight is 625 g/mol. The normalized spacial score (nSPS) is 17.4. The first-order chi connectivity index (χ1) is 19.8. The summed E-state index contributed by atoms with van der Waals surface area (Å²) in [6.45, 7) is 11.8. The van der Waals surface area contributed by atoms with E-state index in [-0.39, 0.29) is 12.5 Å². The number of aliphatic hydroxyl groups excluding tert-OH is 2. The van der Waals surface area contributed by atoms with Crippen molar-refractivity contribution in [2.45, 2.75) is 57.8 Å². The number of carboxylic acids is 1. The molecule has 1 aliphatic rings. The van der Waals surface area contributed by atoms with Gasteiger partial charge >= 0.3 is 5.97 Å². The number of thiazole rings is 1. The van der Waals surface area contributed by atoms with E-state index in [0.29, 0.717) is 59.6 Å². The van der Waals surface area contributed by atoms with Gasteiger partial charge < -0.3 is 34.4 Å². The highest BCUT2D eigenvalue weighted by molar-refractivity contribution is 7.09. The molecule has 3 rings (SSSR count). The molecular formula is C30H41ClN2O8S. The zero-order valence-corrected chi connectivity index (χ0v) is 26.1. The Morgan fingerprint density at radius 3 is 2.62 bits per heavy atom. The number of fused-ring (bicyclic) bond motifs is 1. The summed E-state index contributed by atoms with van der Waals surface area (Å²) < 4.78 is 15.7. The zero-order chi connectivity index (χ0) is 31.4. The van der Waals surface area contributed by atoms with Gasteiger partial charge in [-0.05, 0) is 31.0 Å². The number of halogens is 1. The van der Waals surface area contributed by atoms with Crippen molar-refractivity contribution in [3.8, 4) is 0 Å². The molecule has 0 bridgehead atoms. The van der Waals surface area contributed by atoms with Gasteiger partial charge in [-0.15, -0.1) is 17.9 Å². The molecule has 232 valence electrons. The molecule has 1 amide bonds. The van der Waals surface area contributed by atoms with Crippen molar-refractivity contribution in [1.29, 1.82) is 0 Å². The van der Waals surface area contributed by atoms with Gasteiger partial charge in [-0.2, -0.15) is 0 Å². The van der Waals surface area contributed by atoms with Crippen molar-refractivity contribution in [2.24, 2.45) is 5.41 Å². The number of carbonyl (C=O) groups is 2. The maximum Gasteiger partial charge on any atom is 0.306 e. The van der Waals surface area contributed by atoms with E-state index >= 15 is 0 Å². The molecule has 42 heavy (non-hydrogen) atoms. The number of amides is 1. The number of benzene rings is 1. The van der Waals surface area contributed by atoms with Crippen LogP contribution in [0.1, 0.15) is 61.6 Å². The first-order valence-corrected chi connectivity index (χ1v) is 14.6. The third-order valence-electron chi connectivity index (χ3n) is 6.39. The summed E-state index contributed by atoms with van der Waals surface area (Å²) >= 11 is 7.59. The standard InChI is InChI=1S/C25H31ClN2O6S.C5H10O2/c1-4-5-20-16-10-15(26)6-7-18(16)28(13-25(2,3)14-29)24(33)21(34-20)8-9-22-27-17(12-35-22)19(30)11-23(31)32;1-5(7-3)4-6-2/h4,6-7,10,12,19-21,29-30H,1,5,8-9,11,13-14H2,2-3H3,(H,31,32);1,4H2,2-3H3/t19?,20-,21-;/m1./s1. The number of methoxy groups -OCH3 is 2. The molecule has 1 aromatic carbocycles. The predicted molar refractivity (Wildman–Crippen MR) is 163 cm³/mol. The number of ether oxygens (including phenoxy) is 3. The fraction of sp³-hybridized carbons (Fsp3) is 0.500. The van der Waals surface area contributed by atoms with Crippen LogP contribution in [0.25, 0.3) is 0 Å². The third kappa shape index (κ3) is 10.5. The molecule has 1 aromatic heterocycles. The minimum absolute atomic E-state index is 0.0954. The van der Waals surface area contributed by atoms with E-state index in [2.05, 4.69) is 27.6 Å². The van der Waals surface area contributed by atoms with Gasteiger partial charge in [-0.1, -0.05) is 38.1 Å². The van der Waals surface area contributed by atoms with Crippen molar-refractivity contribution >= 4 is 40.5 Å². The van der Waals surface area contributed by atoms with Crippen LogP contribution in [0, 0.1) is 5.41 Å². The summed E-state index contributed by atoms with van der Waals surface area (Å²) in [7, 11) is 3.17. The molecule has 2 aromatic rings. The van der Waals surface area contributed by atoms with E-state index in [1.807, 2.05) is 19.9 Å². The Kier molecular flexibility index (Phi) is 14.1. The lowest BCUT2D eigenvalue weighted by atomic mass is 9.93. The largest absolute Gasteiger partial charge is 0.499 e. The summed E-state index contributed by atoms with van der Waals surface area (Å²) in [5.74, 6) is -0.671. The molecule has 0 saturated carbocycles. The molecule has 3 atom stereocenters. The molecule has 10 nitrogen and oxygen atoms in total. The third-order valence-corrected chi connectivity index (χ3v) is 7.55. The van der Waals surface area contributed by atoms with Crippen LogP contribution in [-0.4, -0.2) is 72.3 Å². The first-order valence-electron chi connectivity index (χ1n) is 13.4. The highest BCUT2D eigenvalue weighted by Crippen LogP contribution is 2.39. The van der Waals surface area contributed by atoms with Crippen LogP contribution in [0.3, 0.4) is 0 Å². The second kappa shape index (κ2) is 16.7. The topological polar surface area (TPSA) is 139 Å². The van der Waals surface area contributed by atoms with Crippen molar-refractivity contribution in [2.75, 3.05) is 38.9 Å². The van der Waals surface area contributed by atoms with Crippen LogP contribution in [-0.2, 0) is 30.2 Å². The number of aliphatic carboxylic acids is 1. The van der Waals surface area contributed by atoms with Crippen LogP contribution in [0.15, 0.2) is 48.6 Å². The van der Waals surface area contributed by atoms with Crippen LogP contribution in [0.5, 0.6) is 0 Å².